The second-order valence-corrected chi connectivity index (χ2v) is 6.83. The van der Waals surface area contributed by atoms with E-state index >= 15 is 0 Å². The zero-order chi connectivity index (χ0) is 16.5. The summed E-state index contributed by atoms with van der Waals surface area (Å²) in [5.41, 5.74) is 1.27. The number of nitrogens with one attached hydrogen (secondary N) is 1. The molecule has 1 heterocycles. The summed E-state index contributed by atoms with van der Waals surface area (Å²) in [6.07, 6.45) is -0.492. The Hall–Kier alpha value is -1.24. The monoisotopic (exact) mass is 334 g/mol. The van der Waals surface area contributed by atoms with E-state index in [4.69, 9.17) is 4.74 Å². The molecule has 0 saturated carbocycles. The van der Waals surface area contributed by atoms with Gasteiger partial charge in [0, 0.05) is 24.0 Å². The Bertz CT molecular complexity index is 531. The van der Waals surface area contributed by atoms with Gasteiger partial charge in [0.1, 0.15) is 0 Å². The van der Waals surface area contributed by atoms with Crippen LogP contribution in [-0.4, -0.2) is 49.9 Å². The fourth-order valence-electron chi connectivity index (χ4n) is 2.41. The van der Waals surface area contributed by atoms with Crippen molar-refractivity contribution < 1.29 is 9.84 Å². The predicted molar refractivity (Wildman–Crippen MR) is 95.7 cm³/mol. The van der Waals surface area contributed by atoms with E-state index in [1.807, 2.05) is 23.6 Å². The number of rotatable bonds is 10. The fraction of sp³-hybridized carbons (Fsp3) is 0.444. The molecule has 1 aromatic carbocycles. The average molecular weight is 334 g/mol. The van der Waals surface area contributed by atoms with E-state index in [0.717, 1.165) is 6.54 Å². The van der Waals surface area contributed by atoms with Crippen LogP contribution in [-0.2, 0) is 11.3 Å². The molecule has 0 amide bonds. The van der Waals surface area contributed by atoms with Crippen molar-refractivity contribution in [2.75, 3.05) is 33.8 Å². The van der Waals surface area contributed by atoms with Gasteiger partial charge in [-0.2, -0.15) is 0 Å². The third kappa shape index (κ3) is 6.41. The van der Waals surface area contributed by atoms with Gasteiger partial charge in [0.05, 0.1) is 19.3 Å². The minimum atomic E-state index is -0.492. The van der Waals surface area contributed by atoms with Crippen LogP contribution in [0.25, 0.3) is 0 Å². The van der Waals surface area contributed by atoms with Crippen LogP contribution in [0.4, 0.5) is 0 Å². The van der Waals surface area contributed by atoms with E-state index in [1.165, 1.54) is 10.4 Å². The molecule has 0 aliphatic rings. The van der Waals surface area contributed by atoms with E-state index < -0.39 is 6.10 Å². The lowest BCUT2D eigenvalue weighted by molar-refractivity contribution is 0.0292. The van der Waals surface area contributed by atoms with Gasteiger partial charge in [0.25, 0.3) is 0 Å². The molecule has 0 aliphatic heterocycles. The van der Waals surface area contributed by atoms with Gasteiger partial charge in [0.15, 0.2) is 0 Å². The molecule has 0 saturated heterocycles. The molecular weight excluding hydrogens is 308 g/mol. The highest BCUT2D eigenvalue weighted by molar-refractivity contribution is 7.09. The van der Waals surface area contributed by atoms with Gasteiger partial charge in [-0.25, -0.2) is 0 Å². The highest BCUT2D eigenvalue weighted by atomic mass is 32.1. The van der Waals surface area contributed by atoms with Gasteiger partial charge >= 0.3 is 0 Å². The number of nitrogens with zero attached hydrogens (tertiary/aromatic N) is 1. The molecule has 0 unspecified atom stereocenters. The maximum Gasteiger partial charge on any atom is 0.0897 e. The second-order valence-electron chi connectivity index (χ2n) is 5.80. The van der Waals surface area contributed by atoms with Crippen LogP contribution in [0.15, 0.2) is 47.8 Å². The van der Waals surface area contributed by atoms with E-state index in [1.54, 1.807) is 11.3 Å². The Morgan fingerprint density at radius 2 is 1.91 bits per heavy atom. The van der Waals surface area contributed by atoms with Gasteiger partial charge < -0.3 is 20.1 Å². The van der Waals surface area contributed by atoms with Crippen molar-refractivity contribution in [2.24, 2.45) is 0 Å². The van der Waals surface area contributed by atoms with Crippen LogP contribution >= 0.6 is 11.3 Å². The van der Waals surface area contributed by atoms with Crippen molar-refractivity contribution in [3.05, 3.63) is 58.3 Å². The summed E-state index contributed by atoms with van der Waals surface area (Å²) in [7, 11) is 4.14. The summed E-state index contributed by atoms with van der Waals surface area (Å²) in [5.74, 6) is 0. The molecule has 2 N–H and O–H groups in total. The number of benzene rings is 1. The molecule has 0 bridgehead atoms. The first kappa shape index (κ1) is 18.1. The predicted octanol–water partition coefficient (Wildman–Crippen LogP) is 2.52. The zero-order valence-corrected chi connectivity index (χ0v) is 14.6. The van der Waals surface area contributed by atoms with E-state index in [-0.39, 0.29) is 6.04 Å². The molecule has 2 aromatic rings. The highest BCUT2D eigenvalue weighted by Gasteiger charge is 2.14. The van der Waals surface area contributed by atoms with Crippen LogP contribution in [0, 0.1) is 0 Å². The van der Waals surface area contributed by atoms with Crippen molar-refractivity contribution >= 4 is 11.3 Å². The highest BCUT2D eigenvalue weighted by Crippen LogP contribution is 2.16. The van der Waals surface area contributed by atoms with Crippen molar-refractivity contribution in [3.63, 3.8) is 0 Å². The Labute approximate surface area is 142 Å². The number of hydrogen-bond donors (Lipinski definition) is 2. The first-order valence-corrected chi connectivity index (χ1v) is 8.75. The fourth-order valence-corrected chi connectivity index (χ4v) is 3.05. The lowest BCUT2D eigenvalue weighted by Gasteiger charge is -2.25. The molecule has 4 nitrogen and oxygen atoms in total. The quantitative estimate of drug-likeness (QED) is 0.701. The molecule has 2 rings (SSSR count). The van der Waals surface area contributed by atoms with E-state index in [2.05, 4.69) is 48.6 Å². The maximum absolute atomic E-state index is 10.0. The Morgan fingerprint density at radius 1 is 1.13 bits per heavy atom. The van der Waals surface area contributed by atoms with Gasteiger partial charge in [-0.3, -0.25) is 0 Å². The Morgan fingerprint density at radius 3 is 2.57 bits per heavy atom. The van der Waals surface area contributed by atoms with Crippen LogP contribution in [0.5, 0.6) is 0 Å². The normalized spacial score (nSPS) is 14.1. The first-order chi connectivity index (χ1) is 11.2. The van der Waals surface area contributed by atoms with Gasteiger partial charge in [-0.1, -0.05) is 36.4 Å². The van der Waals surface area contributed by atoms with Gasteiger partial charge in [0.2, 0.25) is 0 Å². The van der Waals surface area contributed by atoms with Gasteiger partial charge in [-0.05, 0) is 31.1 Å². The third-order valence-electron chi connectivity index (χ3n) is 3.66. The van der Waals surface area contributed by atoms with Crippen molar-refractivity contribution in [2.45, 2.75) is 18.8 Å². The molecule has 2 atom stereocenters. The Balaban J connectivity index is 1.67. The minimum Gasteiger partial charge on any atom is -0.389 e. The molecule has 0 radical (unpaired) electrons. The van der Waals surface area contributed by atoms with Gasteiger partial charge in [-0.15, -0.1) is 11.3 Å². The summed E-state index contributed by atoms with van der Waals surface area (Å²) in [6, 6.07) is 14.7. The maximum atomic E-state index is 10.0. The van der Waals surface area contributed by atoms with Crippen LogP contribution < -0.4 is 5.32 Å². The van der Waals surface area contributed by atoms with Crippen molar-refractivity contribution in [3.8, 4) is 0 Å². The molecule has 0 aliphatic carbocycles. The Kier molecular flexibility index (Phi) is 7.71. The summed E-state index contributed by atoms with van der Waals surface area (Å²) in [5, 5.41) is 15.4. The molecule has 5 heteroatoms. The van der Waals surface area contributed by atoms with E-state index in [0.29, 0.717) is 19.8 Å². The molecule has 1 aromatic heterocycles. The number of likely N-dealkylation sites (N-methyl/N-ethyl adjacent to an activating group) is 1. The topological polar surface area (TPSA) is 44.7 Å². The van der Waals surface area contributed by atoms with Crippen LogP contribution in [0.1, 0.15) is 16.5 Å². The summed E-state index contributed by atoms with van der Waals surface area (Å²) in [4.78, 5) is 3.36. The number of hydrogen-bond acceptors (Lipinski definition) is 5. The van der Waals surface area contributed by atoms with Crippen molar-refractivity contribution in [1.82, 2.24) is 10.2 Å². The molecular formula is C18H26N2O2S. The number of aliphatic hydroxyl groups is 1. The molecule has 0 spiro atoms. The first-order valence-electron chi connectivity index (χ1n) is 7.87. The number of thiophene rings is 1. The minimum absolute atomic E-state index is 0.287. The summed E-state index contributed by atoms with van der Waals surface area (Å²) in [6.45, 7) is 2.24. The summed E-state index contributed by atoms with van der Waals surface area (Å²) < 4.78 is 5.54. The SMILES string of the molecule is CN(C)[C@@H](CNC[C@H](O)COCc1cccs1)c1ccccc1. The zero-order valence-electron chi connectivity index (χ0n) is 13.8. The average Bonchev–Trinajstić information content (AvgIpc) is 3.05. The molecule has 23 heavy (non-hydrogen) atoms. The second kappa shape index (κ2) is 9.80. The molecule has 0 fully saturated rings. The lowest BCUT2D eigenvalue weighted by atomic mass is 10.1. The standard InChI is InChI=1S/C18H26N2O2S/c1-20(2)18(15-7-4-3-5-8-15)12-19-11-16(21)13-22-14-17-9-6-10-23-17/h3-10,16,18-19,21H,11-14H2,1-2H3/t16-,18-/m0/s1. The number of aliphatic hydroxyl groups excluding tert-OH is 1. The summed E-state index contributed by atoms with van der Waals surface area (Å²) >= 11 is 1.67. The van der Waals surface area contributed by atoms with Crippen molar-refractivity contribution in [1.29, 1.82) is 0 Å². The molecule has 126 valence electrons. The number of ether oxygens (including phenoxy) is 1. The van der Waals surface area contributed by atoms with Crippen LogP contribution in [0.3, 0.4) is 0 Å². The van der Waals surface area contributed by atoms with E-state index in [9.17, 15) is 5.11 Å². The largest absolute Gasteiger partial charge is 0.389 e. The third-order valence-corrected chi connectivity index (χ3v) is 4.51. The lowest BCUT2D eigenvalue weighted by Crippen LogP contribution is -2.36. The smallest absolute Gasteiger partial charge is 0.0897 e. The van der Waals surface area contributed by atoms with Crippen LogP contribution in [0.2, 0.25) is 0 Å².